The van der Waals surface area contributed by atoms with E-state index in [1.54, 1.807) is 0 Å². The normalized spacial score (nSPS) is 11.6. The van der Waals surface area contributed by atoms with E-state index in [9.17, 15) is 26.3 Å². The average molecular weight is 1920 g/mol. The van der Waals surface area contributed by atoms with Crippen LogP contribution in [0.1, 0.15) is 11.1 Å². The van der Waals surface area contributed by atoms with Crippen LogP contribution in [-0.2, 0) is 119 Å². The molecule has 0 fully saturated rings. The Hall–Kier alpha value is -9.40. The third-order valence-corrected chi connectivity index (χ3v) is 16.0. The molecule has 11 rings (SSSR count). The molecule has 2 aromatic carbocycles. The van der Waals surface area contributed by atoms with Crippen LogP contribution in [0.15, 0.2) is 194 Å². The number of rotatable bonds is 2. The first-order valence-corrected chi connectivity index (χ1v) is 33.3. The fraction of sp³-hybridized carbons (Fsp3) is 0.194. The first kappa shape index (κ1) is 98.6. The minimum atomic E-state index is -6.09. The molecule has 0 saturated carbocycles. The van der Waals surface area contributed by atoms with Gasteiger partial charge >= 0.3 is 123 Å². The molecular formula is C72H68Ag4F6N18O8S2. The summed E-state index contributed by atoms with van der Waals surface area (Å²) < 4.78 is 133. The molecular weight excluding hydrogens is 1850 g/mol. The zero-order chi connectivity index (χ0) is 79.0. The van der Waals surface area contributed by atoms with Gasteiger partial charge in [0.25, 0.3) is 0 Å². The quantitative estimate of drug-likeness (QED) is 0.0295. The van der Waals surface area contributed by atoms with Gasteiger partial charge in [0.15, 0.2) is 20.2 Å². The molecule has 0 spiro atoms. The molecule has 0 unspecified atom stereocenters. The number of para-hydroxylation sites is 2. The second kappa shape index (κ2) is 45.1. The van der Waals surface area contributed by atoms with Gasteiger partial charge in [0.1, 0.15) is 93.1 Å². The van der Waals surface area contributed by atoms with Crippen molar-refractivity contribution < 1.29 is 151 Å². The van der Waals surface area contributed by atoms with E-state index in [0.717, 1.165) is 116 Å². The van der Waals surface area contributed by atoms with Crippen LogP contribution in [0.2, 0.25) is 0 Å². The van der Waals surface area contributed by atoms with Gasteiger partial charge in [-0.15, -0.1) is 23.3 Å². The molecule has 0 atom stereocenters. The summed E-state index contributed by atoms with van der Waals surface area (Å²) in [4.78, 5) is 60.1. The Balaban J connectivity index is 0.00000107. The number of alkyl halides is 6. The molecule has 10 aromatic rings. The zero-order valence-electron chi connectivity index (χ0n) is 60.1. The summed E-state index contributed by atoms with van der Waals surface area (Å²) in [6, 6.07) is 62.8. The fourth-order valence-electron chi connectivity index (χ4n) is 9.16. The predicted molar refractivity (Wildman–Crippen MR) is 392 cm³/mol. The van der Waals surface area contributed by atoms with Crippen LogP contribution < -0.4 is 49.0 Å². The van der Waals surface area contributed by atoms with E-state index < -0.39 is 31.3 Å². The molecule has 0 amide bonds. The van der Waals surface area contributed by atoms with Crippen LogP contribution in [0.3, 0.4) is 0 Å². The van der Waals surface area contributed by atoms with Gasteiger partial charge in [0.2, 0.25) is 0 Å². The molecule has 0 saturated heterocycles. The van der Waals surface area contributed by atoms with E-state index in [4.69, 9.17) is 88.0 Å². The SMILES string of the molecule is CN1c2cccc(n2)N(C)c2cccc(n2)N(C)c2cccc(n2)N(C)c2cccc(n2)N(C)c2cccc(n2)N(C)c2cccc(n2)N(C)c2cccc(n2)N(C)c2cccc1n2.O=S(=O)([O-])C(F)(F)F.O=S(=O)([O-])C(F)(F)F.[Ag+].[Ag+].[Ag+].[Ag+].[C-]#Cc1ccccc1N(C)C.[C-]#Cc1ccccc1N(C)C.[C-]#[O+].[C-]#[O+]. The molecule has 110 heavy (non-hydrogen) atoms. The predicted octanol–water partition coefficient (Wildman–Crippen LogP) is 12.7. The molecule has 9 heterocycles. The van der Waals surface area contributed by atoms with Gasteiger partial charge in [-0.25, -0.2) is 56.7 Å². The van der Waals surface area contributed by atoms with Crippen molar-refractivity contribution in [1.29, 1.82) is 0 Å². The van der Waals surface area contributed by atoms with E-state index in [1.807, 2.05) is 328 Å². The van der Waals surface area contributed by atoms with Gasteiger partial charge in [-0.2, -0.15) is 26.3 Å². The van der Waals surface area contributed by atoms with Crippen molar-refractivity contribution in [2.24, 2.45) is 0 Å². The van der Waals surface area contributed by atoms with Crippen molar-refractivity contribution in [3.8, 4) is 11.8 Å². The Morgan fingerprint density at radius 2 is 0.418 bits per heavy atom. The maximum atomic E-state index is 10.7. The Labute approximate surface area is 697 Å². The number of hydrogen-bond donors (Lipinski definition) is 0. The molecule has 38 heteroatoms. The summed E-state index contributed by atoms with van der Waals surface area (Å²) >= 11 is 0. The molecule has 0 radical (unpaired) electrons. The molecule has 0 N–H and O–H groups in total. The topological polar surface area (TPSA) is 290 Å². The monoisotopic (exact) mass is 1920 g/mol. The van der Waals surface area contributed by atoms with E-state index in [-0.39, 0.29) is 89.5 Å². The number of halogens is 6. The summed E-state index contributed by atoms with van der Waals surface area (Å²) in [7, 11) is 11.3. The summed E-state index contributed by atoms with van der Waals surface area (Å²) in [6.07, 6.45) is 14.0. The summed E-state index contributed by atoms with van der Waals surface area (Å²) in [6.45, 7) is 9.00. The van der Waals surface area contributed by atoms with Crippen molar-refractivity contribution in [2.75, 3.05) is 134 Å². The molecule has 26 nitrogen and oxygen atoms in total. The van der Waals surface area contributed by atoms with E-state index in [1.165, 1.54) is 0 Å². The summed E-state index contributed by atoms with van der Waals surface area (Å²) in [5.41, 5.74) is -7.57. The number of benzene rings is 2. The van der Waals surface area contributed by atoms with Gasteiger partial charge in [-0.05, 0) is 108 Å². The van der Waals surface area contributed by atoms with Crippen LogP contribution in [0, 0.1) is 38.0 Å². The first-order valence-electron chi connectivity index (χ1n) is 30.5. The molecule has 1 aliphatic rings. The molecule has 8 aromatic heterocycles. The van der Waals surface area contributed by atoms with E-state index in [0.29, 0.717) is 0 Å². The van der Waals surface area contributed by atoms with Crippen molar-refractivity contribution in [1.82, 2.24) is 39.9 Å². The Morgan fingerprint density at radius 3 is 0.509 bits per heavy atom. The number of anilines is 18. The second-order valence-electron chi connectivity index (χ2n) is 22.2. The van der Waals surface area contributed by atoms with Crippen LogP contribution in [-0.4, -0.2) is 161 Å². The second-order valence-corrected chi connectivity index (χ2v) is 24.9. The minimum absolute atomic E-state index is 0. The zero-order valence-corrected chi connectivity index (χ0v) is 67.6. The first-order chi connectivity index (χ1) is 50.0. The maximum absolute atomic E-state index is 10.7. The molecule has 0 aliphatic carbocycles. The van der Waals surface area contributed by atoms with Crippen molar-refractivity contribution in [3.05, 3.63) is 231 Å². The average Bonchev–Trinajstić information content (AvgIpc) is 0.805. The number of pyridine rings is 8. The Kier molecular flexibility index (Phi) is 40.4. The van der Waals surface area contributed by atoms with Crippen LogP contribution in [0.25, 0.3) is 0 Å². The molecule has 592 valence electrons. The third-order valence-electron chi connectivity index (χ3n) is 14.9. The van der Waals surface area contributed by atoms with Gasteiger partial charge in [-0.1, -0.05) is 84.9 Å². The van der Waals surface area contributed by atoms with Gasteiger partial charge < -0.3 is 71.0 Å². The van der Waals surface area contributed by atoms with Crippen LogP contribution >= 0.6 is 0 Å². The summed E-state index contributed by atoms with van der Waals surface area (Å²) in [5.74, 6) is 16.3. The molecule has 16 bridgehead atoms. The van der Waals surface area contributed by atoms with Crippen molar-refractivity contribution in [2.45, 2.75) is 11.0 Å². The van der Waals surface area contributed by atoms with Crippen molar-refractivity contribution in [3.63, 3.8) is 0 Å². The fourth-order valence-corrected chi connectivity index (χ4v) is 9.16. The van der Waals surface area contributed by atoms with E-state index in [2.05, 4.69) is 25.1 Å². The Bertz CT molecular complexity index is 4140. The van der Waals surface area contributed by atoms with Crippen LogP contribution in [0.4, 0.5) is 131 Å². The van der Waals surface area contributed by atoms with Crippen molar-refractivity contribution >= 4 is 125 Å². The van der Waals surface area contributed by atoms with Crippen LogP contribution in [0.5, 0.6) is 0 Å². The third kappa shape index (κ3) is 27.0. The summed E-state index contributed by atoms with van der Waals surface area (Å²) in [5, 5.41) is 0. The Morgan fingerprint density at radius 1 is 0.300 bits per heavy atom. The number of nitrogens with zero attached hydrogens (tertiary/aromatic N) is 18. The van der Waals surface area contributed by atoms with Gasteiger partial charge in [-0.3, -0.25) is 11.8 Å². The standard InChI is InChI=1S/C48H48N16.2C10H10N.2CHF3O3S.2CO.4Ag/c1-57-33-17-9-19-35(49-33)58(2)37-21-11-23-39(51-37)60(4)41-25-13-27-43(53-41)62(6)45-29-15-31-47(55-45)64(8)48-32-16-30-46(56-48)63(7)44-28-14-26-42(54-44)61(5)40-24-12-22-38(52-40)59(3)36-20-10-18-34(57)50-36;2*1-4-9-7-5-6-8-10(9)11(2)3;2*2-1(3,4)8(5,6)7;2*1-2;;;;/h9-32H,1-8H3;2*5-8H,2-3H3;2*(H,5,6,7);;;;;;/q;2*-1;;;;;4*+1/p-2. The number of aromatic nitrogens is 8. The van der Waals surface area contributed by atoms with Gasteiger partial charge in [0.05, 0.1) is 0 Å². The number of hydrogen-bond acceptors (Lipinski definition) is 24. The van der Waals surface area contributed by atoms with Gasteiger partial charge in [0, 0.05) is 84.6 Å². The molecule has 1 aliphatic heterocycles. The number of fused-ring (bicyclic) bond motifs is 16. The van der Waals surface area contributed by atoms with E-state index >= 15 is 0 Å².